The van der Waals surface area contributed by atoms with Gasteiger partial charge in [-0.1, -0.05) is 73.2 Å². The van der Waals surface area contributed by atoms with Gasteiger partial charge in [-0.2, -0.15) is 0 Å². The van der Waals surface area contributed by atoms with E-state index in [0.717, 1.165) is 21.0 Å². The molecule has 2 amide bonds. The second kappa shape index (κ2) is 12.5. The molecule has 0 saturated carbocycles. The standard InChI is InChI=1S/C29H35N3O4S/c1-5-26(29(34)30-6-2)31(20-24-13-8-7-9-14-24)28(33)21-32(27-15-11-10-12-23(27)4)37(35,36)25-18-16-22(3)17-19-25/h7-19,26H,5-6,20-21H2,1-4H3,(H,30,34)/t26-/m1/s1. The van der Waals surface area contributed by atoms with E-state index in [0.29, 0.717) is 18.7 Å². The van der Waals surface area contributed by atoms with E-state index in [-0.39, 0.29) is 17.3 Å². The lowest BCUT2D eigenvalue weighted by atomic mass is 10.1. The number of carbonyl (C=O) groups is 2. The van der Waals surface area contributed by atoms with E-state index < -0.39 is 28.5 Å². The number of aryl methyl sites for hydroxylation is 2. The van der Waals surface area contributed by atoms with E-state index in [4.69, 9.17) is 0 Å². The van der Waals surface area contributed by atoms with Gasteiger partial charge in [0.1, 0.15) is 12.6 Å². The minimum absolute atomic E-state index is 0.0968. The maximum Gasteiger partial charge on any atom is 0.264 e. The van der Waals surface area contributed by atoms with Crippen LogP contribution in [0, 0.1) is 13.8 Å². The third-order valence-electron chi connectivity index (χ3n) is 6.20. The predicted octanol–water partition coefficient (Wildman–Crippen LogP) is 4.44. The number of hydrogen-bond donors (Lipinski definition) is 1. The van der Waals surface area contributed by atoms with Gasteiger partial charge in [0.25, 0.3) is 10.0 Å². The summed E-state index contributed by atoms with van der Waals surface area (Å²) in [5.74, 6) is -0.723. The number of hydrogen-bond acceptors (Lipinski definition) is 4. The van der Waals surface area contributed by atoms with E-state index in [9.17, 15) is 18.0 Å². The predicted molar refractivity (Wildman–Crippen MR) is 147 cm³/mol. The molecule has 37 heavy (non-hydrogen) atoms. The molecule has 0 fully saturated rings. The SMILES string of the molecule is CCNC(=O)[C@@H](CC)N(Cc1ccccc1)C(=O)CN(c1ccccc1C)S(=O)(=O)c1ccc(C)cc1. The van der Waals surface area contributed by atoms with Crippen LogP contribution in [0.1, 0.15) is 37.0 Å². The first kappa shape index (κ1) is 27.9. The number of rotatable bonds is 11. The molecular weight excluding hydrogens is 486 g/mol. The molecule has 3 rings (SSSR count). The van der Waals surface area contributed by atoms with Gasteiger partial charge in [-0.25, -0.2) is 8.42 Å². The van der Waals surface area contributed by atoms with Crippen molar-refractivity contribution in [1.29, 1.82) is 0 Å². The molecule has 0 aliphatic carbocycles. The quantitative estimate of drug-likeness (QED) is 0.404. The highest BCUT2D eigenvalue weighted by atomic mass is 32.2. The Morgan fingerprint density at radius 2 is 1.49 bits per heavy atom. The summed E-state index contributed by atoms with van der Waals surface area (Å²) >= 11 is 0. The van der Waals surface area contributed by atoms with Crippen molar-refractivity contribution in [1.82, 2.24) is 10.2 Å². The lowest BCUT2D eigenvalue weighted by Gasteiger charge is -2.33. The molecule has 0 radical (unpaired) electrons. The minimum atomic E-state index is -4.07. The van der Waals surface area contributed by atoms with Crippen LogP contribution in [0.2, 0.25) is 0 Å². The minimum Gasteiger partial charge on any atom is -0.355 e. The first-order chi connectivity index (χ1) is 17.7. The fourth-order valence-corrected chi connectivity index (χ4v) is 5.66. The fourth-order valence-electron chi connectivity index (χ4n) is 4.19. The van der Waals surface area contributed by atoms with Gasteiger partial charge in [-0.3, -0.25) is 13.9 Å². The molecule has 0 aliphatic heterocycles. The van der Waals surface area contributed by atoms with Crippen LogP contribution in [0.4, 0.5) is 5.69 Å². The van der Waals surface area contributed by atoms with Gasteiger partial charge in [0.2, 0.25) is 11.8 Å². The summed E-state index contributed by atoms with van der Waals surface area (Å²) in [5.41, 5.74) is 2.92. The normalized spacial score (nSPS) is 12.0. The Kier molecular flexibility index (Phi) is 9.47. The maximum absolute atomic E-state index is 13.9. The summed E-state index contributed by atoms with van der Waals surface area (Å²) < 4.78 is 28.9. The highest BCUT2D eigenvalue weighted by Gasteiger charge is 2.33. The molecule has 3 aromatic rings. The number of nitrogens with zero attached hydrogens (tertiary/aromatic N) is 2. The van der Waals surface area contributed by atoms with Crippen LogP contribution >= 0.6 is 0 Å². The van der Waals surface area contributed by atoms with Gasteiger partial charge in [0.15, 0.2) is 0 Å². The number of amides is 2. The van der Waals surface area contributed by atoms with E-state index in [1.165, 1.54) is 4.90 Å². The van der Waals surface area contributed by atoms with Crippen LogP contribution < -0.4 is 9.62 Å². The summed E-state index contributed by atoms with van der Waals surface area (Å²) in [6.45, 7) is 7.52. The first-order valence-corrected chi connectivity index (χ1v) is 13.9. The Bertz CT molecular complexity index is 1310. The number of benzene rings is 3. The van der Waals surface area contributed by atoms with Crippen LogP contribution in [0.3, 0.4) is 0 Å². The van der Waals surface area contributed by atoms with Crippen LogP contribution in [0.5, 0.6) is 0 Å². The van der Waals surface area contributed by atoms with E-state index in [2.05, 4.69) is 5.32 Å². The number of anilines is 1. The molecule has 8 heteroatoms. The maximum atomic E-state index is 13.9. The van der Waals surface area contributed by atoms with Crippen LogP contribution in [0.25, 0.3) is 0 Å². The summed E-state index contributed by atoms with van der Waals surface area (Å²) in [6, 6.07) is 22.3. The average Bonchev–Trinajstić information content (AvgIpc) is 2.88. The molecule has 0 heterocycles. The Morgan fingerprint density at radius 1 is 0.865 bits per heavy atom. The van der Waals surface area contributed by atoms with Crippen molar-refractivity contribution in [3.63, 3.8) is 0 Å². The third kappa shape index (κ3) is 6.77. The topological polar surface area (TPSA) is 86.8 Å². The van der Waals surface area contributed by atoms with Crippen molar-refractivity contribution in [2.75, 3.05) is 17.4 Å². The number of para-hydroxylation sites is 1. The zero-order valence-corrected chi connectivity index (χ0v) is 22.7. The van der Waals surface area contributed by atoms with E-state index in [1.807, 2.05) is 70.2 Å². The molecule has 3 aromatic carbocycles. The summed E-state index contributed by atoms with van der Waals surface area (Å²) in [6.07, 6.45) is 0.388. The van der Waals surface area contributed by atoms with Crippen LogP contribution in [-0.4, -0.2) is 44.3 Å². The fraction of sp³-hybridized carbons (Fsp3) is 0.310. The van der Waals surface area contributed by atoms with Crippen molar-refractivity contribution in [3.8, 4) is 0 Å². The number of nitrogens with one attached hydrogen (secondary N) is 1. The summed E-state index contributed by atoms with van der Waals surface area (Å²) in [4.78, 5) is 28.4. The largest absolute Gasteiger partial charge is 0.355 e. The second-order valence-corrected chi connectivity index (χ2v) is 10.8. The summed E-state index contributed by atoms with van der Waals surface area (Å²) in [7, 11) is -4.07. The molecule has 0 unspecified atom stereocenters. The van der Waals surface area contributed by atoms with Gasteiger partial charge in [-0.05, 0) is 56.5 Å². The number of sulfonamides is 1. The monoisotopic (exact) mass is 521 g/mol. The van der Waals surface area contributed by atoms with Gasteiger partial charge in [0.05, 0.1) is 10.6 Å². The lowest BCUT2D eigenvalue weighted by Crippen LogP contribution is -2.52. The molecule has 0 aliphatic rings. The molecule has 7 nitrogen and oxygen atoms in total. The molecule has 1 N–H and O–H groups in total. The van der Waals surface area contributed by atoms with Gasteiger partial charge < -0.3 is 10.2 Å². The van der Waals surface area contributed by atoms with Gasteiger partial charge in [0, 0.05) is 13.1 Å². The number of carbonyl (C=O) groups excluding carboxylic acids is 2. The molecule has 196 valence electrons. The highest BCUT2D eigenvalue weighted by Crippen LogP contribution is 2.27. The first-order valence-electron chi connectivity index (χ1n) is 12.4. The molecule has 0 bridgehead atoms. The lowest BCUT2D eigenvalue weighted by molar-refractivity contribution is -0.140. The van der Waals surface area contributed by atoms with Crippen molar-refractivity contribution < 1.29 is 18.0 Å². The van der Waals surface area contributed by atoms with Crippen LogP contribution in [-0.2, 0) is 26.2 Å². The molecule has 0 spiro atoms. The van der Waals surface area contributed by atoms with Gasteiger partial charge in [-0.15, -0.1) is 0 Å². The van der Waals surface area contributed by atoms with Crippen molar-refractivity contribution in [2.24, 2.45) is 0 Å². The second-order valence-electron chi connectivity index (χ2n) is 8.94. The van der Waals surface area contributed by atoms with Crippen molar-refractivity contribution in [2.45, 2.75) is 51.6 Å². The Labute approximate surface area is 220 Å². The zero-order chi connectivity index (χ0) is 27.0. The van der Waals surface area contributed by atoms with Crippen molar-refractivity contribution >= 4 is 27.5 Å². The molecule has 1 atom stereocenters. The summed E-state index contributed by atoms with van der Waals surface area (Å²) in [5, 5.41) is 2.81. The zero-order valence-electron chi connectivity index (χ0n) is 21.8. The smallest absolute Gasteiger partial charge is 0.264 e. The average molecular weight is 522 g/mol. The van der Waals surface area contributed by atoms with E-state index >= 15 is 0 Å². The van der Waals surface area contributed by atoms with E-state index in [1.54, 1.807) is 36.4 Å². The third-order valence-corrected chi connectivity index (χ3v) is 7.98. The number of likely N-dealkylation sites (N-methyl/N-ethyl adjacent to an activating group) is 1. The van der Waals surface area contributed by atoms with Gasteiger partial charge >= 0.3 is 0 Å². The Balaban J connectivity index is 2.06. The molecule has 0 saturated heterocycles. The van der Waals surface area contributed by atoms with Crippen LogP contribution in [0.15, 0.2) is 83.8 Å². The van der Waals surface area contributed by atoms with Crippen molar-refractivity contribution in [3.05, 3.63) is 95.6 Å². The molecular formula is C29H35N3O4S. The Hall–Kier alpha value is -3.65. The Morgan fingerprint density at radius 3 is 2.08 bits per heavy atom. The highest BCUT2D eigenvalue weighted by molar-refractivity contribution is 7.92. The molecule has 0 aromatic heterocycles.